The van der Waals surface area contributed by atoms with Gasteiger partial charge in [-0.1, -0.05) is 35.9 Å². The molecule has 31 heavy (non-hydrogen) atoms. The van der Waals surface area contributed by atoms with Crippen LogP contribution in [-0.4, -0.2) is 36.3 Å². The van der Waals surface area contributed by atoms with Crippen molar-refractivity contribution >= 4 is 34.8 Å². The summed E-state index contributed by atoms with van der Waals surface area (Å²) in [6.07, 6.45) is 2.48. The van der Waals surface area contributed by atoms with Gasteiger partial charge in [-0.3, -0.25) is 9.59 Å². The zero-order valence-corrected chi connectivity index (χ0v) is 18.2. The average molecular weight is 438 g/mol. The minimum absolute atomic E-state index is 0.0844. The Bertz CT molecular complexity index is 1110. The first kappa shape index (κ1) is 21.0. The molecule has 0 saturated carbocycles. The number of anilines is 2. The summed E-state index contributed by atoms with van der Waals surface area (Å²) in [5.41, 5.74) is 3.52. The van der Waals surface area contributed by atoms with Crippen molar-refractivity contribution in [1.29, 1.82) is 0 Å². The van der Waals surface area contributed by atoms with Gasteiger partial charge in [-0.05, 0) is 49.2 Å². The van der Waals surface area contributed by atoms with Crippen molar-refractivity contribution in [3.63, 3.8) is 0 Å². The predicted octanol–water partition coefficient (Wildman–Crippen LogP) is 4.59. The van der Waals surface area contributed by atoms with Gasteiger partial charge < -0.3 is 19.5 Å². The van der Waals surface area contributed by atoms with E-state index in [2.05, 4.69) is 29.3 Å². The highest BCUT2D eigenvalue weighted by molar-refractivity contribution is 6.30. The first-order valence-corrected chi connectivity index (χ1v) is 10.5. The first-order valence-electron chi connectivity index (χ1n) is 10.1. The minimum atomic E-state index is -0.301. The molecule has 1 aliphatic rings. The Morgan fingerprint density at radius 2 is 2.00 bits per heavy atom. The molecular weight excluding hydrogens is 414 g/mol. The lowest BCUT2D eigenvalue weighted by molar-refractivity contribution is -0.116. The first-order chi connectivity index (χ1) is 14.9. The third kappa shape index (κ3) is 4.59. The van der Waals surface area contributed by atoms with Crippen LogP contribution in [0.4, 0.5) is 11.4 Å². The third-order valence-electron chi connectivity index (χ3n) is 5.47. The molecule has 4 rings (SSSR count). The molecule has 1 aliphatic heterocycles. The smallest absolute Gasteiger partial charge is 0.257 e. The molecule has 1 atom stereocenters. The summed E-state index contributed by atoms with van der Waals surface area (Å²) in [6, 6.07) is 17.1. The molecule has 6 nitrogen and oxygen atoms in total. The molecule has 0 saturated heterocycles. The van der Waals surface area contributed by atoms with Gasteiger partial charge in [0.15, 0.2) is 0 Å². The second kappa shape index (κ2) is 8.86. The third-order valence-corrected chi connectivity index (χ3v) is 5.71. The molecule has 0 radical (unpaired) electrons. The Morgan fingerprint density at radius 1 is 1.19 bits per heavy atom. The van der Waals surface area contributed by atoms with Crippen LogP contribution in [0.5, 0.6) is 0 Å². The summed E-state index contributed by atoms with van der Waals surface area (Å²) in [7, 11) is 1.60. The van der Waals surface area contributed by atoms with Crippen molar-refractivity contribution in [2.75, 3.05) is 23.8 Å². The van der Waals surface area contributed by atoms with Crippen LogP contribution >= 0.6 is 11.6 Å². The average Bonchev–Trinajstić information content (AvgIpc) is 3.32. The molecular formula is C24H24ClN3O3. The van der Waals surface area contributed by atoms with Gasteiger partial charge in [-0.2, -0.15) is 0 Å². The molecule has 2 aromatic carbocycles. The summed E-state index contributed by atoms with van der Waals surface area (Å²) in [5.74, 6) is 0.0334. The number of furan rings is 1. The monoisotopic (exact) mass is 437 g/mol. The molecule has 0 bridgehead atoms. The van der Waals surface area contributed by atoms with Crippen LogP contribution in [-0.2, 0) is 17.8 Å². The van der Waals surface area contributed by atoms with E-state index in [1.807, 2.05) is 12.1 Å². The molecule has 7 heteroatoms. The fourth-order valence-electron chi connectivity index (χ4n) is 3.94. The topological polar surface area (TPSA) is 65.8 Å². The molecule has 160 valence electrons. The van der Waals surface area contributed by atoms with Crippen molar-refractivity contribution in [1.82, 2.24) is 4.90 Å². The highest BCUT2D eigenvalue weighted by Gasteiger charge is 2.28. The molecule has 1 aromatic heterocycles. The Hall–Kier alpha value is -3.25. The standard InChI is InChI=1S/C24H24ClN3O3/c1-16-12-17-6-3-4-9-21(17)28(16)14-22-20(10-11-31-22)24(30)27(2)15-23(29)26-19-8-5-7-18(25)13-19/h3-11,13,16H,12,14-15H2,1-2H3,(H,26,29). The van der Waals surface area contributed by atoms with E-state index in [9.17, 15) is 9.59 Å². The quantitative estimate of drug-likeness (QED) is 0.612. The number of likely N-dealkylation sites (N-methyl/N-ethyl adjacent to an activating group) is 1. The number of nitrogens with one attached hydrogen (secondary N) is 1. The van der Waals surface area contributed by atoms with E-state index in [-0.39, 0.29) is 18.4 Å². The maximum atomic E-state index is 13.0. The van der Waals surface area contributed by atoms with Crippen LogP contribution in [0.2, 0.25) is 5.02 Å². The van der Waals surface area contributed by atoms with E-state index in [1.165, 1.54) is 22.4 Å². The number of carbonyl (C=O) groups excluding carboxylic acids is 2. The number of hydrogen-bond donors (Lipinski definition) is 1. The van der Waals surface area contributed by atoms with Crippen molar-refractivity contribution < 1.29 is 14.0 Å². The highest BCUT2D eigenvalue weighted by atomic mass is 35.5. The molecule has 2 heterocycles. The summed E-state index contributed by atoms with van der Waals surface area (Å²) in [6.45, 7) is 2.57. The highest BCUT2D eigenvalue weighted by Crippen LogP contribution is 2.33. The van der Waals surface area contributed by atoms with E-state index < -0.39 is 0 Å². The largest absolute Gasteiger partial charge is 0.467 e. The van der Waals surface area contributed by atoms with Gasteiger partial charge in [0.05, 0.1) is 24.9 Å². The van der Waals surface area contributed by atoms with E-state index in [1.54, 1.807) is 37.4 Å². The van der Waals surface area contributed by atoms with Crippen molar-refractivity contribution in [3.8, 4) is 0 Å². The minimum Gasteiger partial charge on any atom is -0.467 e. The lowest BCUT2D eigenvalue weighted by Crippen LogP contribution is -2.35. The number of fused-ring (bicyclic) bond motifs is 1. The number of para-hydroxylation sites is 1. The Labute approximate surface area is 186 Å². The lowest BCUT2D eigenvalue weighted by atomic mass is 10.1. The number of benzene rings is 2. The fraction of sp³-hybridized carbons (Fsp3) is 0.250. The van der Waals surface area contributed by atoms with E-state index in [4.69, 9.17) is 16.0 Å². The lowest BCUT2D eigenvalue weighted by Gasteiger charge is -2.24. The van der Waals surface area contributed by atoms with Gasteiger partial charge in [0.1, 0.15) is 5.76 Å². The van der Waals surface area contributed by atoms with Crippen molar-refractivity contribution in [2.24, 2.45) is 0 Å². The van der Waals surface area contributed by atoms with Crippen LogP contribution in [0.1, 0.15) is 28.6 Å². The summed E-state index contributed by atoms with van der Waals surface area (Å²) >= 11 is 5.95. The molecule has 1 unspecified atom stereocenters. The molecule has 0 fully saturated rings. The maximum Gasteiger partial charge on any atom is 0.257 e. The number of carbonyl (C=O) groups is 2. The summed E-state index contributed by atoms with van der Waals surface area (Å²) in [4.78, 5) is 29.0. The zero-order chi connectivity index (χ0) is 22.0. The molecule has 0 spiro atoms. The van der Waals surface area contributed by atoms with E-state index >= 15 is 0 Å². The van der Waals surface area contributed by atoms with Crippen LogP contribution in [0.3, 0.4) is 0 Å². The Morgan fingerprint density at radius 3 is 2.81 bits per heavy atom. The van der Waals surface area contributed by atoms with Crippen LogP contribution in [0.15, 0.2) is 65.3 Å². The van der Waals surface area contributed by atoms with Gasteiger partial charge in [0.2, 0.25) is 5.91 Å². The summed E-state index contributed by atoms with van der Waals surface area (Å²) < 4.78 is 5.67. The molecule has 3 aromatic rings. The van der Waals surface area contributed by atoms with E-state index in [0.717, 1.165) is 6.42 Å². The van der Waals surface area contributed by atoms with Gasteiger partial charge in [0.25, 0.3) is 5.91 Å². The zero-order valence-electron chi connectivity index (χ0n) is 17.5. The van der Waals surface area contributed by atoms with Crippen molar-refractivity contribution in [3.05, 3.63) is 82.8 Å². The SMILES string of the molecule is CC1Cc2ccccc2N1Cc1occc1C(=O)N(C)CC(=O)Nc1cccc(Cl)c1. The second-order valence-electron chi connectivity index (χ2n) is 7.79. The number of halogens is 1. The van der Waals surface area contributed by atoms with Gasteiger partial charge in [-0.15, -0.1) is 0 Å². The Kier molecular flexibility index (Phi) is 6.00. The number of amides is 2. The van der Waals surface area contributed by atoms with Crippen LogP contribution in [0, 0.1) is 0 Å². The van der Waals surface area contributed by atoms with Gasteiger partial charge in [-0.25, -0.2) is 0 Å². The number of rotatable bonds is 6. The predicted molar refractivity (Wildman–Crippen MR) is 122 cm³/mol. The second-order valence-corrected chi connectivity index (χ2v) is 8.22. The normalized spacial score (nSPS) is 14.9. The maximum absolute atomic E-state index is 13.0. The summed E-state index contributed by atoms with van der Waals surface area (Å²) in [5, 5.41) is 3.29. The van der Waals surface area contributed by atoms with Crippen molar-refractivity contribution in [2.45, 2.75) is 25.9 Å². The molecule has 1 N–H and O–H groups in total. The van der Waals surface area contributed by atoms with Crippen LogP contribution in [0.25, 0.3) is 0 Å². The van der Waals surface area contributed by atoms with Crippen LogP contribution < -0.4 is 10.2 Å². The molecule has 2 amide bonds. The number of nitrogens with zero attached hydrogens (tertiary/aromatic N) is 2. The number of hydrogen-bond acceptors (Lipinski definition) is 4. The van der Waals surface area contributed by atoms with E-state index in [0.29, 0.717) is 34.6 Å². The van der Waals surface area contributed by atoms with Gasteiger partial charge in [0, 0.05) is 29.5 Å². The van der Waals surface area contributed by atoms with Gasteiger partial charge >= 0.3 is 0 Å². The Balaban J connectivity index is 1.43. The molecule has 0 aliphatic carbocycles. The fourth-order valence-corrected chi connectivity index (χ4v) is 4.13.